The largest absolute Gasteiger partial charge is 0.361 e. The summed E-state index contributed by atoms with van der Waals surface area (Å²) in [7, 11) is 0. The van der Waals surface area contributed by atoms with Crippen LogP contribution >= 0.6 is 12.2 Å². The van der Waals surface area contributed by atoms with E-state index in [9.17, 15) is 4.79 Å². The lowest BCUT2D eigenvalue weighted by atomic mass is 10.0. The number of aromatic nitrogens is 2. The van der Waals surface area contributed by atoms with Crippen molar-refractivity contribution in [1.29, 1.82) is 0 Å². The van der Waals surface area contributed by atoms with Gasteiger partial charge in [-0.15, -0.1) is 0 Å². The van der Waals surface area contributed by atoms with Gasteiger partial charge in [0.25, 0.3) is 0 Å². The van der Waals surface area contributed by atoms with Crippen LogP contribution in [0.2, 0.25) is 0 Å². The Morgan fingerprint density at radius 2 is 2.03 bits per heavy atom. The van der Waals surface area contributed by atoms with E-state index < -0.39 is 0 Å². The second-order valence-electron chi connectivity index (χ2n) is 7.58. The lowest BCUT2D eigenvalue weighted by Gasteiger charge is -2.26. The Labute approximate surface area is 181 Å². The molecule has 4 rings (SSSR count). The molecule has 1 aromatic carbocycles. The summed E-state index contributed by atoms with van der Waals surface area (Å²) >= 11 is 5.64. The minimum atomic E-state index is -0.0865. The molecule has 3 aromatic rings. The number of benzene rings is 1. The number of rotatable bonds is 6. The molecular weight excluding hydrogens is 394 g/mol. The third-order valence-electron chi connectivity index (χ3n) is 5.25. The van der Waals surface area contributed by atoms with Gasteiger partial charge in [0, 0.05) is 36.2 Å². The number of hydrogen-bond donors (Lipinski definition) is 3. The number of hydrogen-bond acceptors (Lipinski definition) is 3. The third kappa shape index (κ3) is 4.36. The molecule has 2 atom stereocenters. The molecular formula is C23H25N5OS. The van der Waals surface area contributed by atoms with Gasteiger partial charge in [-0.05, 0) is 68.0 Å². The van der Waals surface area contributed by atoms with Gasteiger partial charge < -0.3 is 20.5 Å². The van der Waals surface area contributed by atoms with Crippen LogP contribution in [0, 0.1) is 13.8 Å². The quantitative estimate of drug-likeness (QED) is 0.526. The molecule has 0 radical (unpaired) electrons. The standard InChI is InChI=1S/C23H25N5OS/c1-15-6-5-7-17(14-15)26-20(29)11-13-28-22(19-10-9-16(2)25-19)21(27-23(28)30)18-8-3-4-12-24-18/h3-10,12,14,21-22,25H,11,13H2,1-2H3,(H,26,29)(H,27,30). The number of H-pyrrole nitrogens is 1. The number of carbonyl (C=O) groups is 1. The Morgan fingerprint density at radius 3 is 2.73 bits per heavy atom. The first kappa shape index (κ1) is 20.1. The predicted molar refractivity (Wildman–Crippen MR) is 122 cm³/mol. The molecule has 7 heteroatoms. The van der Waals surface area contributed by atoms with Crippen LogP contribution in [0.4, 0.5) is 5.69 Å². The summed E-state index contributed by atoms with van der Waals surface area (Å²) in [4.78, 5) is 22.6. The maximum absolute atomic E-state index is 12.6. The molecule has 0 bridgehead atoms. The second kappa shape index (κ2) is 8.67. The summed E-state index contributed by atoms with van der Waals surface area (Å²) in [5.41, 5.74) is 4.97. The predicted octanol–water partition coefficient (Wildman–Crippen LogP) is 4.03. The Hall–Kier alpha value is -3.19. The first-order valence-corrected chi connectivity index (χ1v) is 10.4. The molecule has 3 heterocycles. The molecule has 30 heavy (non-hydrogen) atoms. The van der Waals surface area contributed by atoms with Crippen LogP contribution in [0.25, 0.3) is 0 Å². The number of anilines is 1. The van der Waals surface area contributed by atoms with Crippen LogP contribution in [0.5, 0.6) is 0 Å². The lowest BCUT2D eigenvalue weighted by Crippen LogP contribution is -2.32. The fraction of sp³-hybridized carbons (Fsp3) is 0.261. The minimum Gasteiger partial charge on any atom is -0.361 e. The summed E-state index contributed by atoms with van der Waals surface area (Å²) in [5.74, 6) is -0.0360. The van der Waals surface area contributed by atoms with Gasteiger partial charge in [-0.2, -0.15) is 0 Å². The number of amides is 1. The SMILES string of the molecule is Cc1cccc(NC(=O)CCN2C(=S)NC(c3ccccn3)C2c2ccc(C)[nH]2)c1. The Balaban J connectivity index is 1.51. The van der Waals surface area contributed by atoms with Crippen LogP contribution in [0.1, 0.15) is 41.1 Å². The van der Waals surface area contributed by atoms with Gasteiger partial charge in [-0.3, -0.25) is 9.78 Å². The van der Waals surface area contributed by atoms with Crippen LogP contribution < -0.4 is 10.6 Å². The minimum absolute atomic E-state index is 0.0360. The van der Waals surface area contributed by atoms with Crippen molar-refractivity contribution in [2.45, 2.75) is 32.4 Å². The highest BCUT2D eigenvalue weighted by Gasteiger charge is 2.40. The Bertz CT molecular complexity index is 1050. The number of aryl methyl sites for hydroxylation is 2. The van der Waals surface area contributed by atoms with Crippen molar-refractivity contribution < 1.29 is 4.79 Å². The third-order valence-corrected chi connectivity index (χ3v) is 5.60. The van der Waals surface area contributed by atoms with Crippen molar-refractivity contribution >= 4 is 28.9 Å². The summed E-state index contributed by atoms with van der Waals surface area (Å²) < 4.78 is 0. The van der Waals surface area contributed by atoms with E-state index >= 15 is 0 Å². The number of pyridine rings is 1. The Morgan fingerprint density at radius 1 is 1.17 bits per heavy atom. The fourth-order valence-electron chi connectivity index (χ4n) is 3.85. The number of nitrogens with zero attached hydrogens (tertiary/aromatic N) is 2. The molecule has 1 fully saturated rings. The first-order chi connectivity index (χ1) is 14.5. The van der Waals surface area contributed by atoms with E-state index in [1.165, 1.54) is 0 Å². The molecule has 2 unspecified atom stereocenters. The van der Waals surface area contributed by atoms with Crippen LogP contribution in [0.3, 0.4) is 0 Å². The summed E-state index contributed by atoms with van der Waals surface area (Å²) in [5, 5.41) is 7.01. The summed E-state index contributed by atoms with van der Waals surface area (Å²) in [6.45, 7) is 4.54. The maximum atomic E-state index is 12.6. The molecule has 1 aliphatic rings. The molecule has 1 saturated heterocycles. The lowest BCUT2D eigenvalue weighted by molar-refractivity contribution is -0.116. The molecule has 0 aliphatic carbocycles. The molecule has 154 valence electrons. The van der Waals surface area contributed by atoms with Gasteiger partial charge in [0.05, 0.1) is 17.8 Å². The van der Waals surface area contributed by atoms with Gasteiger partial charge in [0.2, 0.25) is 5.91 Å². The van der Waals surface area contributed by atoms with Crippen LogP contribution in [-0.4, -0.2) is 32.4 Å². The number of nitrogens with one attached hydrogen (secondary N) is 3. The molecule has 1 amide bonds. The number of carbonyl (C=O) groups excluding carboxylic acids is 1. The topological polar surface area (TPSA) is 73.1 Å². The highest BCUT2D eigenvalue weighted by Crippen LogP contribution is 2.38. The van der Waals surface area contributed by atoms with Crippen molar-refractivity contribution in [2.24, 2.45) is 0 Å². The molecule has 3 N–H and O–H groups in total. The van der Waals surface area contributed by atoms with Gasteiger partial charge in [0.15, 0.2) is 5.11 Å². The van der Waals surface area contributed by atoms with Gasteiger partial charge in [-0.1, -0.05) is 18.2 Å². The average molecular weight is 420 g/mol. The van der Waals surface area contributed by atoms with E-state index in [0.717, 1.165) is 28.3 Å². The van der Waals surface area contributed by atoms with Crippen molar-refractivity contribution in [3.8, 4) is 0 Å². The summed E-state index contributed by atoms with van der Waals surface area (Å²) in [6, 6.07) is 17.6. The van der Waals surface area contributed by atoms with Gasteiger partial charge in [-0.25, -0.2) is 0 Å². The molecule has 1 aliphatic heterocycles. The van der Waals surface area contributed by atoms with E-state index in [1.807, 2.05) is 56.3 Å². The van der Waals surface area contributed by atoms with E-state index in [-0.39, 0.29) is 18.0 Å². The van der Waals surface area contributed by atoms with E-state index in [4.69, 9.17) is 12.2 Å². The normalized spacial score (nSPS) is 18.3. The van der Waals surface area contributed by atoms with E-state index in [0.29, 0.717) is 18.1 Å². The zero-order chi connectivity index (χ0) is 21.1. The van der Waals surface area contributed by atoms with E-state index in [1.54, 1.807) is 6.20 Å². The Kier molecular flexibility index (Phi) is 5.81. The monoisotopic (exact) mass is 419 g/mol. The first-order valence-electron chi connectivity index (χ1n) is 10.0. The molecule has 0 spiro atoms. The number of aromatic amines is 1. The zero-order valence-corrected chi connectivity index (χ0v) is 17.9. The van der Waals surface area contributed by atoms with E-state index in [2.05, 4.69) is 37.6 Å². The van der Waals surface area contributed by atoms with Crippen LogP contribution in [0.15, 0.2) is 60.8 Å². The van der Waals surface area contributed by atoms with Gasteiger partial charge >= 0.3 is 0 Å². The van der Waals surface area contributed by atoms with Crippen molar-refractivity contribution in [3.63, 3.8) is 0 Å². The molecule has 2 aromatic heterocycles. The highest BCUT2D eigenvalue weighted by molar-refractivity contribution is 7.80. The van der Waals surface area contributed by atoms with Crippen molar-refractivity contribution in [1.82, 2.24) is 20.2 Å². The van der Waals surface area contributed by atoms with Gasteiger partial charge in [0.1, 0.15) is 0 Å². The maximum Gasteiger partial charge on any atom is 0.226 e. The number of thiocarbonyl (C=S) groups is 1. The van der Waals surface area contributed by atoms with Crippen molar-refractivity contribution in [2.75, 3.05) is 11.9 Å². The average Bonchev–Trinajstić information content (AvgIpc) is 3.30. The van der Waals surface area contributed by atoms with Crippen molar-refractivity contribution in [3.05, 3.63) is 83.4 Å². The fourth-order valence-corrected chi connectivity index (χ4v) is 4.18. The molecule has 6 nitrogen and oxygen atoms in total. The highest BCUT2D eigenvalue weighted by atomic mass is 32.1. The summed E-state index contributed by atoms with van der Waals surface area (Å²) in [6.07, 6.45) is 2.12. The second-order valence-corrected chi connectivity index (χ2v) is 7.97. The zero-order valence-electron chi connectivity index (χ0n) is 17.1. The van der Waals surface area contributed by atoms with Crippen LogP contribution in [-0.2, 0) is 4.79 Å². The smallest absolute Gasteiger partial charge is 0.226 e. The molecule has 0 saturated carbocycles.